The van der Waals surface area contributed by atoms with Gasteiger partial charge in [-0.25, -0.2) is 0 Å². The normalized spacial score (nSPS) is 12.2. The zero-order valence-electron chi connectivity index (χ0n) is 15.2. The van der Waals surface area contributed by atoms with Gasteiger partial charge in [-0.3, -0.25) is 14.4 Å². The number of nitrogens with two attached hydrogens (primary N) is 1. The Hall–Kier alpha value is -2.90. The molecule has 2 amide bonds. The Kier molecular flexibility index (Phi) is 9.70. The lowest BCUT2D eigenvalue weighted by molar-refractivity contribution is -0.139. The molecule has 0 aliphatic rings. The van der Waals surface area contributed by atoms with E-state index in [0.29, 0.717) is 6.54 Å². The summed E-state index contributed by atoms with van der Waals surface area (Å²) in [4.78, 5) is 35.5. The monoisotopic (exact) mass is 405 g/mol. The number of aliphatic carboxylic acids is 1. The molecule has 0 saturated heterocycles. The van der Waals surface area contributed by atoms with E-state index in [-0.39, 0.29) is 24.7 Å². The van der Waals surface area contributed by atoms with E-state index < -0.39 is 30.4 Å². The van der Waals surface area contributed by atoms with Crippen molar-refractivity contribution < 1.29 is 19.5 Å². The van der Waals surface area contributed by atoms with Crippen LogP contribution < -0.4 is 16.4 Å². The van der Waals surface area contributed by atoms with Crippen molar-refractivity contribution in [3.8, 4) is 0 Å². The van der Waals surface area contributed by atoms with Crippen molar-refractivity contribution in [1.82, 2.24) is 10.6 Å². The van der Waals surface area contributed by atoms with E-state index >= 15 is 0 Å². The van der Waals surface area contributed by atoms with Crippen LogP contribution in [0.25, 0.3) is 0 Å². The summed E-state index contributed by atoms with van der Waals surface area (Å²) in [7, 11) is 0. The summed E-state index contributed by atoms with van der Waals surface area (Å²) in [5.41, 5.74) is 7.39. The molecule has 2 aromatic carbocycles. The van der Waals surface area contributed by atoms with Gasteiger partial charge < -0.3 is 21.5 Å². The molecule has 0 radical (unpaired) electrons. The van der Waals surface area contributed by atoms with Crippen LogP contribution in [0.2, 0.25) is 0 Å². The molecule has 2 atom stereocenters. The molecule has 0 heterocycles. The Balaban J connectivity index is 0.00000392. The van der Waals surface area contributed by atoms with Crippen LogP contribution in [-0.4, -0.2) is 35.0 Å². The van der Waals surface area contributed by atoms with E-state index in [4.69, 9.17) is 10.8 Å². The second-order valence-electron chi connectivity index (χ2n) is 6.16. The summed E-state index contributed by atoms with van der Waals surface area (Å²) in [6, 6.07) is 16.5. The van der Waals surface area contributed by atoms with Gasteiger partial charge in [0.2, 0.25) is 11.8 Å². The van der Waals surface area contributed by atoms with E-state index in [1.807, 2.05) is 60.7 Å². The van der Waals surface area contributed by atoms with Gasteiger partial charge in [0, 0.05) is 13.0 Å². The maximum Gasteiger partial charge on any atom is 0.305 e. The Morgan fingerprint density at radius 1 is 0.893 bits per heavy atom. The first-order valence-corrected chi connectivity index (χ1v) is 8.59. The number of hydrogen-bond donors (Lipinski definition) is 4. The number of halogens is 1. The van der Waals surface area contributed by atoms with Gasteiger partial charge in [0.15, 0.2) is 0 Å². The first kappa shape index (κ1) is 23.1. The first-order valence-electron chi connectivity index (χ1n) is 8.59. The van der Waals surface area contributed by atoms with Gasteiger partial charge in [-0.15, -0.1) is 12.4 Å². The molecule has 0 spiro atoms. The average Bonchev–Trinajstić information content (AvgIpc) is 2.66. The number of carboxylic acids is 1. The topological polar surface area (TPSA) is 122 Å². The van der Waals surface area contributed by atoms with Crippen LogP contribution >= 0.6 is 12.4 Å². The molecule has 0 aliphatic carbocycles. The number of rotatable bonds is 9. The van der Waals surface area contributed by atoms with E-state index in [1.165, 1.54) is 0 Å². The van der Waals surface area contributed by atoms with Crippen molar-refractivity contribution in [2.24, 2.45) is 5.73 Å². The van der Waals surface area contributed by atoms with E-state index in [1.54, 1.807) is 0 Å². The predicted octanol–water partition coefficient (Wildman–Crippen LogP) is 1.25. The third kappa shape index (κ3) is 7.77. The molecular weight excluding hydrogens is 382 g/mol. The van der Waals surface area contributed by atoms with E-state index in [2.05, 4.69) is 10.6 Å². The highest BCUT2D eigenvalue weighted by Crippen LogP contribution is 2.05. The molecule has 0 fully saturated rings. The lowest BCUT2D eigenvalue weighted by Crippen LogP contribution is -2.52. The standard InChI is InChI=1S/C20H23N3O4.ClH/c21-16(12-18(24)25)19(26)23-17(11-14-7-3-1-4-8-14)20(27)22-13-15-9-5-2-6-10-15;/h1-10,16-17H,11-13,21H2,(H,22,27)(H,23,26)(H,24,25);1H/t16-,17-;/m0./s1. The Bertz CT molecular complexity index is 772. The zero-order valence-corrected chi connectivity index (χ0v) is 16.0. The average molecular weight is 406 g/mol. The van der Waals surface area contributed by atoms with Crippen LogP contribution in [0.5, 0.6) is 0 Å². The minimum atomic E-state index is -1.22. The number of benzene rings is 2. The summed E-state index contributed by atoms with van der Waals surface area (Å²) >= 11 is 0. The van der Waals surface area contributed by atoms with Crippen LogP contribution in [0.15, 0.2) is 60.7 Å². The summed E-state index contributed by atoms with van der Waals surface area (Å²) in [5, 5.41) is 14.1. The maximum atomic E-state index is 12.6. The molecule has 2 aromatic rings. The zero-order chi connectivity index (χ0) is 19.6. The first-order chi connectivity index (χ1) is 13.0. The highest BCUT2D eigenvalue weighted by Gasteiger charge is 2.25. The smallest absolute Gasteiger partial charge is 0.305 e. The van der Waals surface area contributed by atoms with Gasteiger partial charge >= 0.3 is 5.97 Å². The van der Waals surface area contributed by atoms with Crippen LogP contribution in [-0.2, 0) is 27.3 Å². The minimum absolute atomic E-state index is 0. The predicted molar refractivity (Wildman–Crippen MR) is 108 cm³/mol. The molecule has 150 valence electrons. The van der Waals surface area contributed by atoms with Crippen LogP contribution in [0, 0.1) is 0 Å². The van der Waals surface area contributed by atoms with E-state index in [9.17, 15) is 14.4 Å². The molecule has 2 rings (SSSR count). The second-order valence-corrected chi connectivity index (χ2v) is 6.16. The molecule has 5 N–H and O–H groups in total. The number of carbonyl (C=O) groups is 3. The molecule has 0 aromatic heterocycles. The molecule has 28 heavy (non-hydrogen) atoms. The van der Waals surface area contributed by atoms with Crippen molar-refractivity contribution in [1.29, 1.82) is 0 Å². The third-order valence-electron chi connectivity index (χ3n) is 3.96. The third-order valence-corrected chi connectivity index (χ3v) is 3.96. The fourth-order valence-electron chi connectivity index (χ4n) is 2.53. The SMILES string of the molecule is Cl.N[C@@H](CC(=O)O)C(=O)N[C@@H](Cc1ccccc1)C(=O)NCc1ccccc1. The Morgan fingerprint density at radius 3 is 1.96 bits per heavy atom. The number of carboxylic acid groups (broad SMARTS) is 1. The van der Waals surface area contributed by atoms with Crippen LogP contribution in [0.4, 0.5) is 0 Å². The summed E-state index contributed by atoms with van der Waals surface area (Å²) in [6.45, 7) is 0.321. The highest BCUT2D eigenvalue weighted by molar-refractivity contribution is 5.91. The molecule has 0 unspecified atom stereocenters. The van der Waals surface area contributed by atoms with Gasteiger partial charge in [-0.1, -0.05) is 60.7 Å². The lowest BCUT2D eigenvalue weighted by atomic mass is 10.0. The fraction of sp³-hybridized carbons (Fsp3) is 0.250. The van der Waals surface area contributed by atoms with Crippen LogP contribution in [0.1, 0.15) is 17.5 Å². The Labute approximate surface area is 169 Å². The second kappa shape index (κ2) is 11.7. The lowest BCUT2D eigenvalue weighted by Gasteiger charge is -2.20. The number of hydrogen-bond acceptors (Lipinski definition) is 4. The van der Waals surface area contributed by atoms with Gasteiger partial charge in [0.25, 0.3) is 0 Å². The van der Waals surface area contributed by atoms with Gasteiger partial charge in [0.1, 0.15) is 6.04 Å². The van der Waals surface area contributed by atoms with Crippen molar-refractivity contribution in [3.05, 3.63) is 71.8 Å². The summed E-state index contributed by atoms with van der Waals surface area (Å²) < 4.78 is 0. The quantitative estimate of drug-likeness (QED) is 0.500. The van der Waals surface area contributed by atoms with Gasteiger partial charge in [-0.2, -0.15) is 0 Å². The van der Waals surface area contributed by atoms with Crippen molar-refractivity contribution in [3.63, 3.8) is 0 Å². The molecule has 0 aliphatic heterocycles. The highest BCUT2D eigenvalue weighted by atomic mass is 35.5. The molecule has 7 nitrogen and oxygen atoms in total. The van der Waals surface area contributed by atoms with Crippen molar-refractivity contribution in [2.45, 2.75) is 31.5 Å². The molecular formula is C20H24ClN3O4. The van der Waals surface area contributed by atoms with Crippen molar-refractivity contribution in [2.75, 3.05) is 0 Å². The number of nitrogens with one attached hydrogen (secondary N) is 2. The fourth-order valence-corrected chi connectivity index (χ4v) is 2.53. The van der Waals surface area contributed by atoms with E-state index in [0.717, 1.165) is 11.1 Å². The molecule has 0 saturated carbocycles. The number of carbonyl (C=O) groups excluding carboxylic acids is 2. The number of amides is 2. The van der Waals surface area contributed by atoms with Gasteiger partial charge in [-0.05, 0) is 11.1 Å². The summed E-state index contributed by atoms with van der Waals surface area (Å²) in [5.74, 6) is -2.21. The maximum absolute atomic E-state index is 12.6. The van der Waals surface area contributed by atoms with Crippen LogP contribution in [0.3, 0.4) is 0 Å². The minimum Gasteiger partial charge on any atom is -0.481 e. The van der Waals surface area contributed by atoms with Gasteiger partial charge in [0.05, 0.1) is 12.5 Å². The summed E-state index contributed by atoms with van der Waals surface area (Å²) in [6.07, 6.45) is -0.234. The molecule has 8 heteroatoms. The Morgan fingerprint density at radius 2 is 1.43 bits per heavy atom. The molecule has 0 bridgehead atoms. The van der Waals surface area contributed by atoms with Crippen molar-refractivity contribution >= 4 is 30.2 Å². The largest absolute Gasteiger partial charge is 0.481 e.